The zero-order chi connectivity index (χ0) is 12.0. The van der Waals surface area contributed by atoms with Crippen molar-refractivity contribution in [3.63, 3.8) is 0 Å². The van der Waals surface area contributed by atoms with E-state index in [-0.39, 0.29) is 6.61 Å². The van der Waals surface area contributed by atoms with E-state index in [1.165, 1.54) is 6.92 Å². The standard InChI is InChI=1S/C12H12O4/c1-9(14)11(7-13)12(15)8-16-10-5-3-2-4-6-10/h2-7,11H,8H2,1H3. The maximum absolute atomic E-state index is 11.4. The first kappa shape index (κ1) is 12.1. The normalized spacial score (nSPS) is 11.6. The van der Waals surface area contributed by atoms with E-state index in [4.69, 9.17) is 4.74 Å². The predicted molar refractivity (Wildman–Crippen MR) is 57.2 cm³/mol. The van der Waals surface area contributed by atoms with Crippen LogP contribution in [0.1, 0.15) is 6.92 Å². The Kier molecular flexibility index (Phi) is 4.39. The van der Waals surface area contributed by atoms with Crippen LogP contribution in [0.25, 0.3) is 0 Å². The second-order valence-corrected chi connectivity index (χ2v) is 3.29. The van der Waals surface area contributed by atoms with Gasteiger partial charge in [0.1, 0.15) is 30.3 Å². The number of para-hydroxylation sites is 1. The molecule has 1 aromatic rings. The third-order valence-electron chi connectivity index (χ3n) is 2.05. The molecule has 4 heteroatoms. The summed E-state index contributed by atoms with van der Waals surface area (Å²) < 4.78 is 5.14. The molecule has 1 unspecified atom stereocenters. The highest BCUT2D eigenvalue weighted by molar-refractivity contribution is 6.13. The van der Waals surface area contributed by atoms with Crippen molar-refractivity contribution in [3.8, 4) is 5.75 Å². The first-order valence-electron chi connectivity index (χ1n) is 4.81. The maximum Gasteiger partial charge on any atom is 0.187 e. The van der Waals surface area contributed by atoms with Crippen LogP contribution in [0.15, 0.2) is 30.3 Å². The molecule has 0 fully saturated rings. The van der Waals surface area contributed by atoms with Gasteiger partial charge in [0.05, 0.1) is 0 Å². The Morgan fingerprint density at radius 2 is 1.94 bits per heavy atom. The zero-order valence-corrected chi connectivity index (χ0v) is 8.88. The van der Waals surface area contributed by atoms with Crippen molar-refractivity contribution < 1.29 is 19.1 Å². The molecule has 0 aliphatic carbocycles. The Morgan fingerprint density at radius 1 is 1.31 bits per heavy atom. The van der Waals surface area contributed by atoms with Crippen molar-refractivity contribution in [1.82, 2.24) is 0 Å². The molecule has 0 N–H and O–H groups in total. The molecule has 4 nitrogen and oxygen atoms in total. The Hall–Kier alpha value is -1.97. The highest BCUT2D eigenvalue weighted by Crippen LogP contribution is 2.09. The smallest absolute Gasteiger partial charge is 0.187 e. The number of Topliss-reactive ketones (excluding diaryl/α,β-unsaturated/α-hetero) is 2. The van der Waals surface area contributed by atoms with E-state index in [2.05, 4.69) is 0 Å². The molecule has 0 saturated carbocycles. The minimum Gasteiger partial charge on any atom is -0.486 e. The van der Waals surface area contributed by atoms with E-state index >= 15 is 0 Å². The van der Waals surface area contributed by atoms with E-state index in [0.29, 0.717) is 12.0 Å². The van der Waals surface area contributed by atoms with Gasteiger partial charge in [-0.15, -0.1) is 0 Å². The molecule has 84 valence electrons. The fourth-order valence-corrected chi connectivity index (χ4v) is 1.16. The average Bonchev–Trinajstić information content (AvgIpc) is 2.28. The van der Waals surface area contributed by atoms with Crippen LogP contribution in [0.5, 0.6) is 5.75 Å². The number of hydrogen-bond donors (Lipinski definition) is 0. The number of aldehydes is 1. The molecular weight excluding hydrogens is 208 g/mol. The first-order valence-corrected chi connectivity index (χ1v) is 4.81. The molecule has 0 bridgehead atoms. The van der Waals surface area contributed by atoms with E-state index < -0.39 is 17.5 Å². The van der Waals surface area contributed by atoms with Crippen LogP contribution in [-0.2, 0) is 14.4 Å². The highest BCUT2D eigenvalue weighted by Gasteiger charge is 2.22. The molecule has 0 aliphatic rings. The van der Waals surface area contributed by atoms with Crippen molar-refractivity contribution in [2.24, 2.45) is 5.92 Å². The summed E-state index contributed by atoms with van der Waals surface area (Å²) in [7, 11) is 0. The summed E-state index contributed by atoms with van der Waals surface area (Å²) in [5.74, 6) is -1.66. The van der Waals surface area contributed by atoms with Crippen molar-refractivity contribution in [2.75, 3.05) is 6.61 Å². The lowest BCUT2D eigenvalue weighted by Crippen LogP contribution is -2.28. The molecule has 0 amide bonds. The third kappa shape index (κ3) is 3.31. The third-order valence-corrected chi connectivity index (χ3v) is 2.05. The van der Waals surface area contributed by atoms with Gasteiger partial charge < -0.3 is 9.53 Å². The SMILES string of the molecule is CC(=O)C(C=O)C(=O)COc1ccccc1. The van der Waals surface area contributed by atoms with E-state index in [0.717, 1.165) is 0 Å². The summed E-state index contributed by atoms with van der Waals surface area (Å²) in [6, 6.07) is 8.73. The Morgan fingerprint density at radius 3 is 2.44 bits per heavy atom. The number of ketones is 2. The summed E-state index contributed by atoms with van der Waals surface area (Å²) in [5.41, 5.74) is 0. The quantitative estimate of drug-likeness (QED) is 0.531. The van der Waals surface area contributed by atoms with Crippen LogP contribution in [0, 0.1) is 5.92 Å². The molecule has 0 spiro atoms. The summed E-state index contributed by atoms with van der Waals surface area (Å²) in [6.45, 7) is 0.937. The van der Waals surface area contributed by atoms with Crippen LogP contribution < -0.4 is 4.74 Å². The molecule has 16 heavy (non-hydrogen) atoms. The molecule has 0 aromatic heterocycles. The Balaban J connectivity index is 2.52. The van der Waals surface area contributed by atoms with Crippen molar-refractivity contribution >= 4 is 17.9 Å². The van der Waals surface area contributed by atoms with Gasteiger partial charge in [-0.3, -0.25) is 9.59 Å². The fraction of sp³-hybridized carbons (Fsp3) is 0.250. The molecule has 1 atom stereocenters. The topological polar surface area (TPSA) is 60.4 Å². The Labute approximate surface area is 93.2 Å². The fourth-order valence-electron chi connectivity index (χ4n) is 1.16. The predicted octanol–water partition coefficient (Wildman–Crippen LogP) is 1.04. The lowest BCUT2D eigenvalue weighted by molar-refractivity contribution is -0.136. The highest BCUT2D eigenvalue weighted by atomic mass is 16.5. The zero-order valence-electron chi connectivity index (χ0n) is 8.88. The summed E-state index contributed by atoms with van der Waals surface area (Å²) in [6.07, 6.45) is 0.346. The molecule has 0 heterocycles. The minimum absolute atomic E-state index is 0.271. The number of ether oxygens (including phenoxy) is 1. The number of benzene rings is 1. The second-order valence-electron chi connectivity index (χ2n) is 3.29. The van der Waals surface area contributed by atoms with Gasteiger partial charge in [-0.1, -0.05) is 18.2 Å². The van der Waals surface area contributed by atoms with Crippen LogP contribution in [-0.4, -0.2) is 24.5 Å². The van der Waals surface area contributed by atoms with Gasteiger partial charge >= 0.3 is 0 Å². The maximum atomic E-state index is 11.4. The molecule has 0 saturated heterocycles. The van der Waals surface area contributed by atoms with Gasteiger partial charge in [0.2, 0.25) is 0 Å². The van der Waals surface area contributed by atoms with E-state index in [1.807, 2.05) is 6.07 Å². The lowest BCUT2D eigenvalue weighted by Gasteiger charge is -2.07. The molecule has 0 aliphatic heterocycles. The second kappa shape index (κ2) is 5.80. The average molecular weight is 220 g/mol. The van der Waals surface area contributed by atoms with Gasteiger partial charge in [0.15, 0.2) is 5.78 Å². The van der Waals surface area contributed by atoms with Crippen LogP contribution in [0.3, 0.4) is 0 Å². The van der Waals surface area contributed by atoms with Crippen molar-refractivity contribution in [3.05, 3.63) is 30.3 Å². The number of hydrogen-bond acceptors (Lipinski definition) is 4. The van der Waals surface area contributed by atoms with Crippen molar-refractivity contribution in [1.29, 1.82) is 0 Å². The van der Waals surface area contributed by atoms with Gasteiger partial charge in [0.25, 0.3) is 0 Å². The largest absolute Gasteiger partial charge is 0.486 e. The summed E-state index contributed by atoms with van der Waals surface area (Å²) in [4.78, 5) is 32.8. The van der Waals surface area contributed by atoms with E-state index in [1.54, 1.807) is 24.3 Å². The molecule has 0 radical (unpaired) electrons. The van der Waals surface area contributed by atoms with Gasteiger partial charge in [-0.25, -0.2) is 0 Å². The van der Waals surface area contributed by atoms with Gasteiger partial charge in [-0.05, 0) is 19.1 Å². The Bertz CT molecular complexity index is 383. The number of rotatable bonds is 6. The van der Waals surface area contributed by atoms with Crippen LogP contribution in [0.2, 0.25) is 0 Å². The van der Waals surface area contributed by atoms with Gasteiger partial charge in [-0.2, -0.15) is 0 Å². The molecule has 1 aromatic carbocycles. The lowest BCUT2D eigenvalue weighted by atomic mass is 10.0. The summed E-state index contributed by atoms with van der Waals surface area (Å²) in [5, 5.41) is 0. The monoisotopic (exact) mass is 220 g/mol. The first-order chi connectivity index (χ1) is 7.65. The van der Waals surface area contributed by atoms with Crippen LogP contribution in [0.4, 0.5) is 0 Å². The van der Waals surface area contributed by atoms with E-state index in [9.17, 15) is 14.4 Å². The molecule has 1 rings (SSSR count). The minimum atomic E-state index is -1.20. The number of carbonyl (C=O) groups excluding carboxylic acids is 3. The van der Waals surface area contributed by atoms with Gasteiger partial charge in [0, 0.05) is 0 Å². The summed E-state index contributed by atoms with van der Waals surface area (Å²) >= 11 is 0. The van der Waals surface area contributed by atoms with Crippen LogP contribution >= 0.6 is 0 Å². The molecular formula is C12H12O4. The number of carbonyl (C=O) groups is 3. The van der Waals surface area contributed by atoms with Crippen molar-refractivity contribution in [2.45, 2.75) is 6.92 Å².